The minimum atomic E-state index is -0.585. The van der Waals surface area contributed by atoms with Gasteiger partial charge < -0.3 is 10.1 Å². The largest absolute Gasteiger partial charge is 0.385 e. The number of rotatable bonds is 8. The molecule has 7 nitrogen and oxygen atoms in total. The van der Waals surface area contributed by atoms with Crippen LogP contribution in [0.3, 0.4) is 0 Å². The highest BCUT2D eigenvalue weighted by atomic mass is 16.6. The molecule has 0 saturated carbocycles. The molecule has 0 aromatic carbocycles. The fraction of sp³-hybridized carbons (Fsp3) is 0.500. The van der Waals surface area contributed by atoms with Gasteiger partial charge in [0.1, 0.15) is 11.6 Å². The van der Waals surface area contributed by atoms with Gasteiger partial charge in [-0.3, -0.25) is 10.1 Å². The topological polar surface area (TPSA) is 101 Å². The lowest BCUT2D eigenvalue weighted by molar-refractivity contribution is -0.384. The van der Waals surface area contributed by atoms with Crippen molar-refractivity contribution in [3.05, 3.63) is 27.9 Å². The molecule has 19 heavy (non-hydrogen) atoms. The number of pyridine rings is 1. The van der Waals surface area contributed by atoms with Crippen LogP contribution in [0.5, 0.6) is 0 Å². The van der Waals surface area contributed by atoms with Gasteiger partial charge in [-0.15, -0.1) is 0 Å². The van der Waals surface area contributed by atoms with Gasteiger partial charge >= 0.3 is 5.69 Å². The molecule has 0 amide bonds. The molecular formula is C12H16N4O3. The number of hydrogen-bond acceptors (Lipinski definition) is 6. The molecule has 0 atom stereocenters. The molecule has 0 aliphatic heterocycles. The van der Waals surface area contributed by atoms with Crippen molar-refractivity contribution < 1.29 is 9.66 Å². The number of aromatic nitrogens is 1. The Bertz CT molecular complexity index is 471. The van der Waals surface area contributed by atoms with Crippen molar-refractivity contribution in [2.24, 2.45) is 0 Å². The highest BCUT2D eigenvalue weighted by Crippen LogP contribution is 2.25. The normalized spacial score (nSPS) is 9.89. The number of nitrogens with one attached hydrogen (secondary N) is 1. The maximum atomic E-state index is 10.9. The first-order valence-corrected chi connectivity index (χ1v) is 5.97. The summed E-state index contributed by atoms with van der Waals surface area (Å²) < 4.78 is 4.93. The van der Waals surface area contributed by atoms with Crippen molar-refractivity contribution in [1.29, 1.82) is 5.26 Å². The molecule has 1 N–H and O–H groups in total. The second-order valence-electron chi connectivity index (χ2n) is 3.90. The van der Waals surface area contributed by atoms with E-state index >= 15 is 0 Å². The molecule has 0 saturated heterocycles. The Labute approximate surface area is 111 Å². The van der Waals surface area contributed by atoms with Crippen LogP contribution in [0.2, 0.25) is 0 Å². The van der Waals surface area contributed by atoms with Crippen LogP contribution in [-0.2, 0) is 4.74 Å². The van der Waals surface area contributed by atoms with Crippen LogP contribution in [0, 0.1) is 21.4 Å². The van der Waals surface area contributed by atoms with E-state index in [2.05, 4.69) is 10.3 Å². The molecule has 7 heteroatoms. The summed E-state index contributed by atoms with van der Waals surface area (Å²) in [6, 6.07) is 3.13. The molecule has 1 heterocycles. The van der Waals surface area contributed by atoms with Crippen molar-refractivity contribution >= 4 is 11.5 Å². The maximum absolute atomic E-state index is 10.9. The maximum Gasteiger partial charge on any atom is 0.328 e. The lowest BCUT2D eigenvalue weighted by Gasteiger charge is -2.06. The Morgan fingerprint density at radius 1 is 1.53 bits per heavy atom. The van der Waals surface area contributed by atoms with Gasteiger partial charge in [0.2, 0.25) is 5.82 Å². The molecule has 1 aromatic heterocycles. The predicted octanol–water partition coefficient (Wildman–Crippen LogP) is 2.09. The molecular weight excluding hydrogens is 248 g/mol. The summed E-state index contributed by atoms with van der Waals surface area (Å²) in [4.78, 5) is 14.3. The number of ether oxygens (including phenoxy) is 1. The number of hydrogen-bond donors (Lipinski definition) is 1. The summed E-state index contributed by atoms with van der Waals surface area (Å²) in [6.45, 7) is 1.29. The third kappa shape index (κ3) is 4.52. The highest BCUT2D eigenvalue weighted by molar-refractivity contribution is 5.63. The summed E-state index contributed by atoms with van der Waals surface area (Å²) in [6.07, 6.45) is 4.16. The SMILES string of the molecule is COCCCCCNc1nccc(C#N)c1[N+](=O)[O-]. The van der Waals surface area contributed by atoms with Gasteiger partial charge in [0, 0.05) is 26.5 Å². The van der Waals surface area contributed by atoms with E-state index in [0.29, 0.717) is 13.2 Å². The first kappa shape index (κ1) is 14.9. The number of anilines is 1. The van der Waals surface area contributed by atoms with Crippen LogP contribution < -0.4 is 5.32 Å². The summed E-state index contributed by atoms with van der Waals surface area (Å²) >= 11 is 0. The Morgan fingerprint density at radius 3 is 2.95 bits per heavy atom. The van der Waals surface area contributed by atoms with E-state index < -0.39 is 4.92 Å². The lowest BCUT2D eigenvalue weighted by Crippen LogP contribution is -2.07. The van der Waals surface area contributed by atoms with Crippen LogP contribution in [0.25, 0.3) is 0 Å². The zero-order chi connectivity index (χ0) is 14.1. The number of nitro groups is 1. The van der Waals surface area contributed by atoms with Crippen LogP contribution >= 0.6 is 0 Å². The molecule has 102 valence electrons. The highest BCUT2D eigenvalue weighted by Gasteiger charge is 2.20. The average Bonchev–Trinajstić information content (AvgIpc) is 2.42. The van der Waals surface area contributed by atoms with Crippen molar-refractivity contribution in [2.75, 3.05) is 25.6 Å². The van der Waals surface area contributed by atoms with Gasteiger partial charge in [-0.25, -0.2) is 4.98 Å². The van der Waals surface area contributed by atoms with Crippen molar-refractivity contribution in [3.63, 3.8) is 0 Å². The molecule has 0 aliphatic carbocycles. The van der Waals surface area contributed by atoms with E-state index in [1.807, 2.05) is 0 Å². The first-order valence-electron chi connectivity index (χ1n) is 5.97. The molecule has 0 aliphatic rings. The molecule has 1 aromatic rings. The second kappa shape index (κ2) is 8.00. The summed E-state index contributed by atoms with van der Waals surface area (Å²) in [7, 11) is 1.65. The van der Waals surface area contributed by atoms with E-state index in [1.54, 1.807) is 13.2 Å². The number of nitriles is 1. The standard InChI is InChI=1S/C12H16N4O3/c1-19-8-4-2-3-6-14-12-11(16(17)18)10(9-13)5-7-15-12/h5,7H,2-4,6,8H2,1H3,(H,14,15). The Kier molecular flexibility index (Phi) is 6.26. The Balaban J connectivity index is 2.59. The fourth-order valence-corrected chi connectivity index (χ4v) is 1.61. The first-order chi connectivity index (χ1) is 9.20. The smallest absolute Gasteiger partial charge is 0.328 e. The van der Waals surface area contributed by atoms with E-state index in [4.69, 9.17) is 10.00 Å². The molecule has 0 spiro atoms. The van der Waals surface area contributed by atoms with Gasteiger partial charge in [-0.05, 0) is 25.3 Å². The molecule has 1 rings (SSSR count). The predicted molar refractivity (Wildman–Crippen MR) is 69.8 cm³/mol. The van der Waals surface area contributed by atoms with E-state index in [0.717, 1.165) is 19.3 Å². The zero-order valence-electron chi connectivity index (χ0n) is 10.8. The van der Waals surface area contributed by atoms with Crippen LogP contribution in [0.4, 0.5) is 11.5 Å². The third-order valence-corrected chi connectivity index (χ3v) is 2.54. The summed E-state index contributed by atoms with van der Waals surface area (Å²) in [5.41, 5.74) is -0.247. The minimum absolute atomic E-state index is 0.0156. The summed E-state index contributed by atoms with van der Waals surface area (Å²) in [5.74, 6) is 0.149. The van der Waals surface area contributed by atoms with Gasteiger partial charge in [0.15, 0.2) is 0 Å². The Hall–Kier alpha value is -2.20. The molecule has 0 fully saturated rings. The number of methoxy groups -OCH3 is 1. The van der Waals surface area contributed by atoms with Crippen LogP contribution in [0.1, 0.15) is 24.8 Å². The quantitative estimate of drug-likeness (QED) is 0.438. The van der Waals surface area contributed by atoms with Gasteiger partial charge in [-0.2, -0.15) is 5.26 Å². The van der Waals surface area contributed by atoms with Crippen molar-refractivity contribution in [1.82, 2.24) is 4.98 Å². The average molecular weight is 264 g/mol. The lowest BCUT2D eigenvalue weighted by atomic mass is 10.2. The van der Waals surface area contributed by atoms with Gasteiger partial charge in [0.05, 0.1) is 4.92 Å². The fourth-order valence-electron chi connectivity index (χ4n) is 1.61. The Morgan fingerprint density at radius 2 is 2.32 bits per heavy atom. The third-order valence-electron chi connectivity index (χ3n) is 2.54. The van der Waals surface area contributed by atoms with Gasteiger partial charge in [0.25, 0.3) is 0 Å². The zero-order valence-corrected chi connectivity index (χ0v) is 10.8. The van der Waals surface area contributed by atoms with Crippen molar-refractivity contribution in [3.8, 4) is 6.07 Å². The van der Waals surface area contributed by atoms with Crippen molar-refractivity contribution in [2.45, 2.75) is 19.3 Å². The minimum Gasteiger partial charge on any atom is -0.385 e. The van der Waals surface area contributed by atoms with E-state index in [1.165, 1.54) is 12.3 Å². The van der Waals surface area contributed by atoms with Gasteiger partial charge in [-0.1, -0.05) is 0 Å². The molecule has 0 radical (unpaired) electrons. The number of unbranched alkanes of at least 4 members (excludes halogenated alkanes) is 2. The van der Waals surface area contributed by atoms with Crippen LogP contribution in [0.15, 0.2) is 12.3 Å². The second-order valence-corrected chi connectivity index (χ2v) is 3.90. The monoisotopic (exact) mass is 264 g/mol. The molecule has 0 bridgehead atoms. The van der Waals surface area contributed by atoms with Crippen LogP contribution in [-0.4, -0.2) is 30.2 Å². The van der Waals surface area contributed by atoms with E-state index in [9.17, 15) is 10.1 Å². The number of nitrogens with zero attached hydrogens (tertiary/aromatic N) is 3. The molecule has 0 unspecified atom stereocenters. The van der Waals surface area contributed by atoms with E-state index in [-0.39, 0.29) is 17.1 Å². The summed E-state index contributed by atoms with van der Waals surface area (Å²) in [5, 5.41) is 22.7.